The number of benzene rings is 1. The van der Waals surface area contributed by atoms with Crippen LogP contribution in [0.4, 0.5) is 32.3 Å². The molecule has 0 atom stereocenters. The van der Waals surface area contributed by atoms with Crippen LogP contribution in [0.2, 0.25) is 0 Å². The van der Waals surface area contributed by atoms with Gasteiger partial charge in [0.05, 0.1) is 16.8 Å². The Morgan fingerprint density at radius 2 is 1.59 bits per heavy atom. The third-order valence-electron chi connectivity index (χ3n) is 3.84. The van der Waals surface area contributed by atoms with Gasteiger partial charge in [0.25, 0.3) is 11.3 Å². The molecule has 1 aromatic carbocycles. The lowest BCUT2D eigenvalue weighted by molar-refractivity contribution is -0.143. The summed E-state index contributed by atoms with van der Waals surface area (Å²) in [4.78, 5) is 20.2. The van der Waals surface area contributed by atoms with Gasteiger partial charge in [0, 0.05) is 12.0 Å². The number of aryl methyl sites for hydroxylation is 1. The number of halogens is 6. The zero-order valence-electron chi connectivity index (χ0n) is 13.5. The van der Waals surface area contributed by atoms with E-state index < -0.39 is 35.5 Å². The van der Waals surface area contributed by atoms with Crippen molar-refractivity contribution in [3.8, 4) is 0 Å². The molecule has 0 aliphatic heterocycles. The summed E-state index contributed by atoms with van der Waals surface area (Å²) in [7, 11) is 0. The van der Waals surface area contributed by atoms with Crippen molar-refractivity contribution in [1.29, 1.82) is 0 Å². The first-order chi connectivity index (χ1) is 12.4. The number of nitrogens with zero attached hydrogens (tertiary/aromatic N) is 3. The van der Waals surface area contributed by atoms with Crippen LogP contribution >= 0.6 is 0 Å². The number of fused-ring (bicyclic) bond motifs is 1. The Labute approximate surface area is 146 Å². The smallest absolute Gasteiger partial charge is 0.368 e. The van der Waals surface area contributed by atoms with E-state index in [0.29, 0.717) is 12.1 Å². The first-order valence-electron chi connectivity index (χ1n) is 7.38. The van der Waals surface area contributed by atoms with Gasteiger partial charge in [0.1, 0.15) is 0 Å². The summed E-state index contributed by atoms with van der Waals surface area (Å²) in [5.74, 6) is -0.173. The van der Waals surface area contributed by atoms with E-state index in [1.54, 1.807) is 0 Å². The second-order valence-corrected chi connectivity index (χ2v) is 5.82. The van der Waals surface area contributed by atoms with Gasteiger partial charge in [-0.15, -0.1) is 0 Å². The first-order valence-corrected chi connectivity index (χ1v) is 7.38. The number of hydrogen-bond acceptors (Lipinski definition) is 4. The molecule has 144 valence electrons. The zero-order valence-corrected chi connectivity index (χ0v) is 13.5. The maximum absolute atomic E-state index is 13.0. The molecule has 12 heteroatoms. The molecule has 0 aliphatic rings. The third kappa shape index (κ3) is 3.59. The number of H-pyrrole nitrogens is 1. The molecular formula is C15H11F6N5O. The van der Waals surface area contributed by atoms with E-state index in [1.165, 1.54) is 6.92 Å². The fourth-order valence-electron chi connectivity index (χ4n) is 2.60. The van der Waals surface area contributed by atoms with Gasteiger partial charge < -0.3 is 5.73 Å². The maximum Gasteiger partial charge on any atom is 0.416 e. The van der Waals surface area contributed by atoms with E-state index in [2.05, 4.69) is 15.1 Å². The van der Waals surface area contributed by atoms with Gasteiger partial charge in [-0.2, -0.15) is 35.8 Å². The Balaban J connectivity index is 2.15. The number of rotatable bonds is 2. The highest BCUT2D eigenvalue weighted by molar-refractivity contribution is 5.40. The number of nitrogens with two attached hydrogens (primary N) is 1. The molecule has 27 heavy (non-hydrogen) atoms. The van der Waals surface area contributed by atoms with Crippen LogP contribution < -0.4 is 11.3 Å². The summed E-state index contributed by atoms with van der Waals surface area (Å²) in [6, 6.07) is 1.18. The molecule has 0 saturated carbocycles. The standard InChI is InChI=1S/C15H11F6N5O/c1-6-10(11(27)26-13(23-6)24-12(22)25-26)4-7-2-8(14(16,17)18)5-9(3-7)15(19,20)21/h2-3,5H,4H2,1H3,(H3,22,23,24,25). The van der Waals surface area contributed by atoms with E-state index >= 15 is 0 Å². The van der Waals surface area contributed by atoms with E-state index in [4.69, 9.17) is 5.73 Å². The molecule has 0 fully saturated rings. The summed E-state index contributed by atoms with van der Waals surface area (Å²) in [5, 5.41) is 2.40. The Hall–Kier alpha value is -3.05. The van der Waals surface area contributed by atoms with Gasteiger partial charge >= 0.3 is 12.4 Å². The number of aromatic amines is 1. The van der Waals surface area contributed by atoms with Crippen molar-refractivity contribution < 1.29 is 26.3 Å². The maximum atomic E-state index is 13.0. The second-order valence-electron chi connectivity index (χ2n) is 5.82. The molecule has 3 rings (SSSR count). The van der Waals surface area contributed by atoms with Gasteiger partial charge in [0.2, 0.25) is 5.95 Å². The summed E-state index contributed by atoms with van der Waals surface area (Å²) >= 11 is 0. The number of anilines is 1. The Bertz CT molecular complexity index is 1050. The van der Waals surface area contributed by atoms with E-state index in [9.17, 15) is 31.1 Å². The lowest BCUT2D eigenvalue weighted by Gasteiger charge is -2.14. The van der Waals surface area contributed by atoms with E-state index in [1.807, 2.05) is 0 Å². The minimum atomic E-state index is -4.97. The lowest BCUT2D eigenvalue weighted by Crippen LogP contribution is -2.22. The van der Waals surface area contributed by atoms with E-state index in [-0.39, 0.29) is 34.6 Å². The number of nitrogens with one attached hydrogen (secondary N) is 1. The summed E-state index contributed by atoms with van der Waals surface area (Å²) in [6.07, 6.45) is -10.4. The quantitative estimate of drug-likeness (QED) is 0.658. The van der Waals surface area contributed by atoms with Crippen LogP contribution in [0.1, 0.15) is 27.9 Å². The fraction of sp³-hybridized carbons (Fsp3) is 0.267. The van der Waals surface area contributed by atoms with Crippen molar-refractivity contribution in [2.45, 2.75) is 25.7 Å². The highest BCUT2D eigenvalue weighted by atomic mass is 19.4. The van der Waals surface area contributed by atoms with Crippen molar-refractivity contribution in [3.63, 3.8) is 0 Å². The van der Waals surface area contributed by atoms with Crippen molar-refractivity contribution >= 4 is 11.7 Å². The number of nitrogen functional groups attached to an aromatic ring is 1. The molecule has 0 aliphatic carbocycles. The normalized spacial score (nSPS) is 12.7. The van der Waals surface area contributed by atoms with Crippen molar-refractivity contribution in [2.24, 2.45) is 0 Å². The summed E-state index contributed by atoms with van der Waals surface area (Å²) < 4.78 is 78.7. The molecule has 0 bridgehead atoms. The molecular weight excluding hydrogens is 380 g/mol. The van der Waals surface area contributed by atoms with Crippen LogP contribution in [-0.2, 0) is 18.8 Å². The largest absolute Gasteiger partial charge is 0.416 e. The molecule has 0 unspecified atom stereocenters. The highest BCUT2D eigenvalue weighted by Gasteiger charge is 2.37. The Kier molecular flexibility index (Phi) is 4.16. The van der Waals surface area contributed by atoms with Gasteiger partial charge in [-0.1, -0.05) is 0 Å². The minimum absolute atomic E-state index is 0.0280. The average molecular weight is 391 g/mol. The number of hydrogen-bond donors (Lipinski definition) is 2. The van der Waals surface area contributed by atoms with Crippen molar-refractivity contribution in [1.82, 2.24) is 19.6 Å². The predicted octanol–water partition coefficient (Wildman–Crippen LogP) is 2.94. The predicted molar refractivity (Wildman–Crippen MR) is 82.0 cm³/mol. The molecule has 3 N–H and O–H groups in total. The molecule has 0 radical (unpaired) electrons. The number of alkyl halides is 6. The molecule has 0 amide bonds. The van der Waals surface area contributed by atoms with Crippen LogP contribution in [0.15, 0.2) is 23.0 Å². The Morgan fingerprint density at radius 3 is 2.11 bits per heavy atom. The third-order valence-corrected chi connectivity index (χ3v) is 3.84. The van der Waals surface area contributed by atoms with Gasteiger partial charge in [-0.25, -0.2) is 4.98 Å². The number of aromatic nitrogens is 4. The summed E-state index contributed by atoms with van der Waals surface area (Å²) in [6.45, 7) is 1.40. The lowest BCUT2D eigenvalue weighted by atomic mass is 9.99. The SMILES string of the molecule is Cc1nc2nc(N)[nH]n2c(=O)c1Cc1cc(C(F)(F)F)cc(C(F)(F)F)c1. The minimum Gasteiger partial charge on any atom is -0.368 e. The summed E-state index contributed by atoms with van der Waals surface area (Å²) in [5.41, 5.74) is 1.52. The molecule has 6 nitrogen and oxygen atoms in total. The van der Waals surface area contributed by atoms with Crippen LogP contribution in [0, 0.1) is 6.92 Å². The van der Waals surface area contributed by atoms with Gasteiger partial charge in [0.15, 0.2) is 0 Å². The van der Waals surface area contributed by atoms with Gasteiger partial charge in [-0.3, -0.25) is 9.89 Å². The molecule has 3 aromatic rings. The zero-order chi connectivity index (χ0) is 20.1. The second kappa shape index (κ2) is 5.99. The van der Waals surface area contributed by atoms with E-state index in [0.717, 1.165) is 4.52 Å². The van der Waals surface area contributed by atoms with Crippen molar-refractivity contribution in [2.75, 3.05) is 5.73 Å². The first kappa shape index (κ1) is 18.7. The highest BCUT2D eigenvalue weighted by Crippen LogP contribution is 2.36. The average Bonchev–Trinajstić information content (AvgIpc) is 2.90. The topological polar surface area (TPSA) is 89.1 Å². The van der Waals surface area contributed by atoms with Crippen LogP contribution in [-0.4, -0.2) is 19.6 Å². The monoisotopic (exact) mass is 391 g/mol. The Morgan fingerprint density at radius 1 is 1.04 bits per heavy atom. The van der Waals surface area contributed by atoms with Gasteiger partial charge in [-0.05, 0) is 30.7 Å². The van der Waals surface area contributed by atoms with Crippen molar-refractivity contribution in [3.05, 3.63) is 56.5 Å². The molecule has 0 saturated heterocycles. The van der Waals surface area contributed by atoms with Crippen LogP contribution in [0.3, 0.4) is 0 Å². The fourth-order valence-corrected chi connectivity index (χ4v) is 2.60. The molecule has 0 spiro atoms. The molecule has 2 aromatic heterocycles. The molecule has 2 heterocycles. The van der Waals surface area contributed by atoms with Crippen LogP contribution in [0.5, 0.6) is 0 Å². The van der Waals surface area contributed by atoms with Crippen LogP contribution in [0.25, 0.3) is 5.78 Å².